The molecule has 5 nitrogen and oxygen atoms in total. The molecule has 0 saturated heterocycles. The van der Waals surface area contributed by atoms with Crippen LogP contribution >= 0.6 is 11.6 Å². The Kier molecular flexibility index (Phi) is 5.23. The number of nitrogens with one attached hydrogen (secondary N) is 1. The summed E-state index contributed by atoms with van der Waals surface area (Å²) in [6, 6.07) is 16.5. The number of pyridine rings is 1. The van der Waals surface area contributed by atoms with Gasteiger partial charge < -0.3 is 14.5 Å². The zero-order valence-corrected chi connectivity index (χ0v) is 16.9. The van der Waals surface area contributed by atoms with Gasteiger partial charge in [-0.3, -0.25) is 4.79 Å². The molecule has 0 fully saturated rings. The molecular weight excluding hydrogens is 386 g/mol. The third-order valence-corrected chi connectivity index (χ3v) is 4.81. The number of aryl methyl sites for hydroxylation is 2. The first-order valence-corrected chi connectivity index (χ1v) is 9.60. The smallest absolute Gasteiger partial charge is 0.255 e. The molecule has 146 valence electrons. The summed E-state index contributed by atoms with van der Waals surface area (Å²) >= 11 is 6.03. The van der Waals surface area contributed by atoms with E-state index >= 15 is 0 Å². The van der Waals surface area contributed by atoms with Gasteiger partial charge in [0, 0.05) is 28.7 Å². The lowest BCUT2D eigenvalue weighted by Gasteiger charge is -2.10. The molecule has 6 heteroatoms. The molecule has 29 heavy (non-hydrogen) atoms. The van der Waals surface area contributed by atoms with Crippen LogP contribution in [0.1, 0.15) is 27.2 Å². The zero-order chi connectivity index (χ0) is 20.4. The second kappa shape index (κ2) is 7.97. The van der Waals surface area contributed by atoms with Crippen molar-refractivity contribution in [3.63, 3.8) is 0 Å². The van der Waals surface area contributed by atoms with Gasteiger partial charge in [-0.15, -0.1) is 0 Å². The van der Waals surface area contributed by atoms with E-state index in [9.17, 15) is 4.79 Å². The summed E-state index contributed by atoms with van der Waals surface area (Å²) in [4.78, 5) is 17.2. The summed E-state index contributed by atoms with van der Waals surface area (Å²) < 4.78 is 7.84. The number of carbonyl (C=O) groups is 1. The van der Waals surface area contributed by atoms with Crippen molar-refractivity contribution in [1.82, 2.24) is 9.38 Å². The van der Waals surface area contributed by atoms with Gasteiger partial charge in [0.15, 0.2) is 0 Å². The van der Waals surface area contributed by atoms with Gasteiger partial charge in [0.25, 0.3) is 5.91 Å². The molecule has 2 aromatic heterocycles. The second-order valence-corrected chi connectivity index (χ2v) is 7.37. The monoisotopic (exact) mass is 405 g/mol. The van der Waals surface area contributed by atoms with Crippen LogP contribution in [0, 0.1) is 13.8 Å². The summed E-state index contributed by atoms with van der Waals surface area (Å²) in [5.74, 6) is 0.387. The van der Waals surface area contributed by atoms with E-state index < -0.39 is 0 Å². The van der Waals surface area contributed by atoms with E-state index in [1.54, 1.807) is 30.3 Å². The van der Waals surface area contributed by atoms with Crippen molar-refractivity contribution in [3.8, 4) is 5.75 Å². The van der Waals surface area contributed by atoms with Crippen molar-refractivity contribution in [2.75, 3.05) is 5.32 Å². The number of nitrogens with zero attached hydrogens (tertiary/aromatic N) is 2. The lowest BCUT2D eigenvalue weighted by molar-refractivity contribution is 0.102. The van der Waals surface area contributed by atoms with Gasteiger partial charge >= 0.3 is 0 Å². The first-order chi connectivity index (χ1) is 14.0. The molecule has 0 bridgehead atoms. The average Bonchev–Trinajstić information content (AvgIpc) is 3.11. The lowest BCUT2D eigenvalue weighted by Crippen LogP contribution is -2.13. The SMILES string of the molecule is Cc1ccc2nc(COc3cccc(C(=O)Nc4cc(Cl)ccc4C)c3)cn2c1. The van der Waals surface area contributed by atoms with Gasteiger partial charge in [-0.05, 0) is 61.4 Å². The number of rotatable bonds is 5. The summed E-state index contributed by atoms with van der Waals surface area (Å²) in [5.41, 5.74) is 4.99. The van der Waals surface area contributed by atoms with E-state index in [2.05, 4.69) is 10.3 Å². The van der Waals surface area contributed by atoms with Gasteiger partial charge in [0.2, 0.25) is 0 Å². The topological polar surface area (TPSA) is 55.6 Å². The van der Waals surface area contributed by atoms with Gasteiger partial charge in [-0.25, -0.2) is 4.98 Å². The fraction of sp³-hybridized carbons (Fsp3) is 0.130. The Balaban J connectivity index is 1.46. The molecule has 0 spiro atoms. The number of benzene rings is 2. The lowest BCUT2D eigenvalue weighted by atomic mass is 10.1. The van der Waals surface area contributed by atoms with E-state index in [0.29, 0.717) is 28.6 Å². The molecule has 4 aromatic rings. The van der Waals surface area contributed by atoms with Crippen LogP contribution in [-0.2, 0) is 6.61 Å². The van der Waals surface area contributed by atoms with Crippen molar-refractivity contribution in [1.29, 1.82) is 0 Å². The zero-order valence-electron chi connectivity index (χ0n) is 16.1. The summed E-state index contributed by atoms with van der Waals surface area (Å²) in [5, 5.41) is 3.47. The number of hydrogen-bond donors (Lipinski definition) is 1. The summed E-state index contributed by atoms with van der Waals surface area (Å²) in [7, 11) is 0. The number of halogens is 1. The first-order valence-electron chi connectivity index (χ1n) is 9.22. The minimum Gasteiger partial charge on any atom is -0.487 e. The van der Waals surface area contributed by atoms with E-state index in [1.165, 1.54) is 0 Å². The van der Waals surface area contributed by atoms with Crippen LogP contribution in [0.15, 0.2) is 67.0 Å². The van der Waals surface area contributed by atoms with Crippen molar-refractivity contribution < 1.29 is 9.53 Å². The minimum absolute atomic E-state index is 0.218. The number of imidazole rings is 1. The van der Waals surface area contributed by atoms with Crippen LogP contribution in [0.4, 0.5) is 5.69 Å². The number of fused-ring (bicyclic) bond motifs is 1. The number of carbonyl (C=O) groups excluding carboxylic acids is 1. The summed E-state index contributed by atoms with van der Waals surface area (Å²) in [6.45, 7) is 4.28. The normalized spacial score (nSPS) is 10.9. The maximum Gasteiger partial charge on any atom is 0.255 e. The number of aromatic nitrogens is 2. The number of ether oxygens (including phenoxy) is 1. The largest absolute Gasteiger partial charge is 0.487 e. The van der Waals surface area contributed by atoms with Crippen LogP contribution in [0.2, 0.25) is 5.02 Å². The van der Waals surface area contributed by atoms with Gasteiger partial charge in [-0.1, -0.05) is 29.8 Å². The quantitative estimate of drug-likeness (QED) is 0.481. The molecule has 0 radical (unpaired) electrons. The molecule has 1 N–H and O–H groups in total. The molecule has 2 aromatic carbocycles. The predicted molar refractivity (Wildman–Crippen MR) is 115 cm³/mol. The van der Waals surface area contributed by atoms with Crippen LogP contribution in [0.25, 0.3) is 5.65 Å². The molecule has 0 saturated carbocycles. The fourth-order valence-electron chi connectivity index (χ4n) is 3.03. The number of anilines is 1. The molecule has 0 aliphatic carbocycles. The van der Waals surface area contributed by atoms with Crippen LogP contribution in [0.5, 0.6) is 5.75 Å². The van der Waals surface area contributed by atoms with Gasteiger partial charge in [0.05, 0.1) is 5.69 Å². The Hall–Kier alpha value is -3.31. The minimum atomic E-state index is -0.218. The Bertz CT molecular complexity index is 1200. The highest BCUT2D eigenvalue weighted by atomic mass is 35.5. The average molecular weight is 406 g/mol. The van der Waals surface area contributed by atoms with Crippen molar-refractivity contribution in [2.45, 2.75) is 20.5 Å². The molecule has 0 unspecified atom stereocenters. The second-order valence-electron chi connectivity index (χ2n) is 6.93. The Morgan fingerprint density at radius 3 is 2.83 bits per heavy atom. The highest BCUT2D eigenvalue weighted by Crippen LogP contribution is 2.22. The Morgan fingerprint density at radius 2 is 1.97 bits per heavy atom. The number of hydrogen-bond acceptors (Lipinski definition) is 3. The molecule has 0 atom stereocenters. The fourth-order valence-corrected chi connectivity index (χ4v) is 3.20. The number of amides is 1. The third-order valence-electron chi connectivity index (χ3n) is 4.58. The first kappa shape index (κ1) is 19.0. The molecule has 0 aliphatic heterocycles. The Labute approximate surface area is 173 Å². The van der Waals surface area contributed by atoms with Gasteiger partial charge in [-0.2, -0.15) is 0 Å². The van der Waals surface area contributed by atoms with E-state index in [-0.39, 0.29) is 5.91 Å². The van der Waals surface area contributed by atoms with E-state index in [1.807, 2.05) is 54.9 Å². The van der Waals surface area contributed by atoms with E-state index in [4.69, 9.17) is 16.3 Å². The highest BCUT2D eigenvalue weighted by Gasteiger charge is 2.10. The molecule has 1 amide bonds. The van der Waals surface area contributed by atoms with E-state index in [0.717, 1.165) is 22.5 Å². The molecule has 0 aliphatic rings. The van der Waals surface area contributed by atoms with Crippen LogP contribution in [-0.4, -0.2) is 15.3 Å². The third kappa shape index (κ3) is 4.41. The van der Waals surface area contributed by atoms with Gasteiger partial charge in [0.1, 0.15) is 18.0 Å². The Morgan fingerprint density at radius 1 is 1.10 bits per heavy atom. The van der Waals surface area contributed by atoms with Crippen molar-refractivity contribution >= 4 is 28.8 Å². The molecular formula is C23H20ClN3O2. The standard InChI is InChI=1S/C23H20ClN3O2/c1-15-6-9-22-25-19(13-27(22)12-15)14-29-20-5-3-4-17(10-20)23(28)26-21-11-18(24)8-7-16(21)2/h3-13H,14H2,1-2H3,(H,26,28). The van der Waals surface area contributed by atoms with Crippen molar-refractivity contribution in [2.24, 2.45) is 0 Å². The molecule has 4 rings (SSSR count). The predicted octanol–water partition coefficient (Wildman–Crippen LogP) is 5.44. The highest BCUT2D eigenvalue weighted by molar-refractivity contribution is 6.31. The maximum atomic E-state index is 12.6. The van der Waals surface area contributed by atoms with Crippen LogP contribution in [0.3, 0.4) is 0 Å². The molecule has 2 heterocycles. The van der Waals surface area contributed by atoms with Crippen LogP contribution < -0.4 is 10.1 Å². The summed E-state index contributed by atoms with van der Waals surface area (Å²) in [6.07, 6.45) is 3.97. The maximum absolute atomic E-state index is 12.6. The van der Waals surface area contributed by atoms with Crippen molar-refractivity contribution in [3.05, 3.63) is 94.4 Å².